The molecule has 1 atom stereocenters. The molecule has 8 heteroatoms. The van der Waals surface area contributed by atoms with Crippen LogP contribution in [0.3, 0.4) is 0 Å². The molecule has 0 amide bonds. The minimum atomic E-state index is -1.18. The number of benzene rings is 1. The maximum Gasteiger partial charge on any atom is 0.197 e. The predicted molar refractivity (Wildman–Crippen MR) is 147 cm³/mol. The number of pyridine rings is 1. The first-order valence-electron chi connectivity index (χ1n) is 12.7. The van der Waals surface area contributed by atoms with Crippen LogP contribution in [-0.4, -0.2) is 41.7 Å². The van der Waals surface area contributed by atoms with E-state index in [1.807, 2.05) is 33.0 Å². The van der Waals surface area contributed by atoms with Crippen LogP contribution in [-0.2, 0) is 11.4 Å². The number of hydrogen-bond donors (Lipinski definition) is 1. The molecule has 190 valence electrons. The van der Waals surface area contributed by atoms with E-state index in [1.165, 1.54) is 16.5 Å². The van der Waals surface area contributed by atoms with Gasteiger partial charge in [0.1, 0.15) is 22.4 Å². The smallest absolute Gasteiger partial charge is 0.197 e. The van der Waals surface area contributed by atoms with Gasteiger partial charge in [-0.25, -0.2) is 9.50 Å². The molecule has 5 rings (SSSR count). The third-order valence-electron chi connectivity index (χ3n) is 7.06. The molecule has 0 spiro atoms. The maximum absolute atomic E-state index is 12.5. The van der Waals surface area contributed by atoms with Crippen molar-refractivity contribution in [1.29, 1.82) is 0 Å². The molecular weight excluding hydrogens is 470 g/mol. The number of nitrogens with one attached hydrogen (secondary N) is 1. The molecule has 1 aliphatic carbocycles. The van der Waals surface area contributed by atoms with Gasteiger partial charge in [0, 0.05) is 22.7 Å². The van der Waals surface area contributed by atoms with Gasteiger partial charge in [0.2, 0.25) is 0 Å². The number of nitrogens with zero attached hydrogens (tertiary/aromatic N) is 4. The Labute approximate surface area is 215 Å². The van der Waals surface area contributed by atoms with Crippen molar-refractivity contribution in [1.82, 2.24) is 19.6 Å². The molecular formula is C28H35N5O2S. The van der Waals surface area contributed by atoms with E-state index >= 15 is 0 Å². The number of hydrogen-bond acceptors (Lipinski definition) is 5. The molecule has 1 saturated carbocycles. The Morgan fingerprint density at radius 1 is 1.19 bits per heavy atom. The lowest BCUT2D eigenvalue weighted by Crippen LogP contribution is -2.27. The molecule has 1 N–H and O–H groups in total. The lowest BCUT2D eigenvalue weighted by molar-refractivity contribution is 0.416. The quantitative estimate of drug-likeness (QED) is 0.311. The molecule has 1 unspecified atom stereocenters. The van der Waals surface area contributed by atoms with Crippen molar-refractivity contribution < 1.29 is 9.29 Å². The molecule has 0 bridgehead atoms. The van der Waals surface area contributed by atoms with Crippen LogP contribution < -0.4 is 4.74 Å². The van der Waals surface area contributed by atoms with Crippen molar-refractivity contribution in [2.45, 2.75) is 76.9 Å². The van der Waals surface area contributed by atoms with E-state index in [1.54, 1.807) is 18.0 Å². The standard InChI is InChI=1S/C28H35N5O2S/c1-17(2)25-22-13-19(18-7-10-21(11-8-18)32-36(34)28(3,4)5)9-12-23(22)31-26(25)20-14-24(35-6)27-29-16-30-33(27)15-20/h9,12-18,31H,7-8,10-11H2,1-6H3. The number of ether oxygens (including phenoxy) is 1. The van der Waals surface area contributed by atoms with Gasteiger partial charge in [-0.1, -0.05) is 24.3 Å². The number of aromatic nitrogens is 4. The van der Waals surface area contributed by atoms with Crippen LogP contribution in [0, 0.1) is 0 Å². The molecule has 7 nitrogen and oxygen atoms in total. The van der Waals surface area contributed by atoms with E-state index < -0.39 is 11.4 Å². The highest BCUT2D eigenvalue weighted by molar-refractivity contribution is 7.91. The third-order valence-corrected chi connectivity index (χ3v) is 8.53. The number of methoxy groups -OCH3 is 1. The zero-order valence-corrected chi connectivity index (χ0v) is 22.8. The van der Waals surface area contributed by atoms with E-state index in [4.69, 9.17) is 4.74 Å². The molecule has 1 aliphatic rings. The average Bonchev–Trinajstić information content (AvgIpc) is 3.47. The summed E-state index contributed by atoms with van der Waals surface area (Å²) in [5.74, 6) is 1.52. The molecule has 3 heterocycles. The maximum atomic E-state index is 12.5. The van der Waals surface area contributed by atoms with Crippen molar-refractivity contribution >= 4 is 33.6 Å². The van der Waals surface area contributed by atoms with Crippen LogP contribution in [0.5, 0.6) is 5.75 Å². The first kappa shape index (κ1) is 24.8. The van der Waals surface area contributed by atoms with Crippen LogP contribution in [0.4, 0.5) is 0 Å². The Morgan fingerprint density at radius 3 is 2.61 bits per heavy atom. The third kappa shape index (κ3) is 4.64. The monoisotopic (exact) mass is 505 g/mol. The van der Waals surface area contributed by atoms with Gasteiger partial charge in [-0.15, -0.1) is 0 Å². The Morgan fingerprint density at radius 2 is 1.94 bits per heavy atom. The summed E-state index contributed by atoms with van der Waals surface area (Å²) in [6.45, 7) is 10.4. The van der Waals surface area contributed by atoms with E-state index in [0.717, 1.165) is 48.2 Å². The van der Waals surface area contributed by atoms with Crippen molar-refractivity contribution in [2.75, 3.05) is 7.11 Å². The first-order valence-corrected chi connectivity index (χ1v) is 13.8. The minimum absolute atomic E-state index is 0.309. The highest BCUT2D eigenvalue weighted by Gasteiger charge is 2.29. The molecule has 36 heavy (non-hydrogen) atoms. The highest BCUT2D eigenvalue weighted by Crippen LogP contribution is 2.40. The van der Waals surface area contributed by atoms with Crippen molar-refractivity contribution in [2.24, 2.45) is 4.40 Å². The molecule has 0 radical (unpaired) electrons. The topological polar surface area (TPSA) is 90.6 Å². The van der Waals surface area contributed by atoms with Gasteiger partial charge in [0.25, 0.3) is 0 Å². The summed E-state index contributed by atoms with van der Waals surface area (Å²) in [4.78, 5) is 7.99. The van der Waals surface area contributed by atoms with Gasteiger partial charge in [-0.3, -0.25) is 0 Å². The zero-order chi connectivity index (χ0) is 25.6. The van der Waals surface area contributed by atoms with Gasteiger partial charge in [-0.2, -0.15) is 5.10 Å². The van der Waals surface area contributed by atoms with Crippen molar-refractivity contribution in [3.05, 3.63) is 47.9 Å². The number of fused-ring (bicyclic) bond motifs is 2. The largest absolute Gasteiger partial charge is 0.591 e. The Kier molecular flexibility index (Phi) is 6.59. The van der Waals surface area contributed by atoms with Crippen LogP contribution in [0.2, 0.25) is 0 Å². The van der Waals surface area contributed by atoms with Crippen molar-refractivity contribution in [3.8, 4) is 17.0 Å². The molecule has 3 aromatic heterocycles. The van der Waals surface area contributed by atoms with Gasteiger partial charge < -0.3 is 14.3 Å². The zero-order valence-electron chi connectivity index (χ0n) is 22.0. The summed E-state index contributed by atoms with van der Waals surface area (Å²) in [6, 6.07) is 8.87. The summed E-state index contributed by atoms with van der Waals surface area (Å²) in [6.07, 6.45) is 7.46. The van der Waals surface area contributed by atoms with E-state index in [-0.39, 0.29) is 4.75 Å². The molecule has 0 aliphatic heterocycles. The van der Waals surface area contributed by atoms with Gasteiger partial charge in [-0.05, 0) is 87.6 Å². The van der Waals surface area contributed by atoms with E-state index in [2.05, 4.69) is 51.5 Å². The lowest BCUT2D eigenvalue weighted by atomic mass is 9.82. The van der Waals surface area contributed by atoms with Crippen LogP contribution in [0.25, 0.3) is 27.8 Å². The van der Waals surface area contributed by atoms with E-state index in [9.17, 15) is 4.55 Å². The summed E-state index contributed by atoms with van der Waals surface area (Å²) in [5.41, 5.74) is 7.73. The summed E-state index contributed by atoms with van der Waals surface area (Å²) in [7, 11) is 1.66. The SMILES string of the molecule is COc1cc(-c2[nH]c3ccc(C4CCC(=N[S+]([O-])C(C)(C)C)CC4)cc3c2C(C)C)cn2ncnc12. The average molecular weight is 506 g/mol. The second-order valence-electron chi connectivity index (χ2n) is 11.0. The van der Waals surface area contributed by atoms with Gasteiger partial charge >= 0.3 is 0 Å². The van der Waals surface area contributed by atoms with Gasteiger partial charge in [0.05, 0.1) is 18.5 Å². The number of aromatic amines is 1. The molecule has 0 saturated heterocycles. The fraction of sp³-hybridized carbons (Fsp3) is 0.464. The summed E-state index contributed by atoms with van der Waals surface area (Å²) in [5, 5.41) is 5.60. The highest BCUT2D eigenvalue weighted by atomic mass is 32.2. The van der Waals surface area contributed by atoms with Crippen LogP contribution >= 0.6 is 0 Å². The number of H-pyrrole nitrogens is 1. The summed E-state index contributed by atoms with van der Waals surface area (Å²) >= 11 is -1.18. The Bertz CT molecular complexity index is 1420. The fourth-order valence-electron chi connectivity index (χ4n) is 5.12. The Balaban J connectivity index is 1.48. The van der Waals surface area contributed by atoms with E-state index in [0.29, 0.717) is 23.2 Å². The van der Waals surface area contributed by atoms with Crippen molar-refractivity contribution in [3.63, 3.8) is 0 Å². The molecule has 1 aromatic carbocycles. The van der Waals surface area contributed by atoms with Crippen LogP contribution in [0.15, 0.2) is 41.2 Å². The minimum Gasteiger partial charge on any atom is -0.591 e. The fourth-order valence-corrected chi connectivity index (χ4v) is 5.82. The normalized spacial score (nSPS) is 17.8. The second-order valence-corrected chi connectivity index (χ2v) is 12.9. The molecule has 4 aromatic rings. The van der Waals surface area contributed by atoms with Crippen LogP contribution in [0.1, 0.15) is 83.3 Å². The Hall–Kier alpha value is -2.84. The van der Waals surface area contributed by atoms with Gasteiger partial charge in [0.15, 0.2) is 11.4 Å². The summed E-state index contributed by atoms with van der Waals surface area (Å²) < 4.78 is 24.1. The lowest BCUT2D eigenvalue weighted by Gasteiger charge is -2.25. The second kappa shape index (κ2) is 9.56. The molecule has 1 fully saturated rings. The number of rotatable bonds is 5. The predicted octanol–water partition coefficient (Wildman–Crippen LogP) is 6.57. The first-order chi connectivity index (χ1) is 17.2.